The molecule has 3 aliphatic rings. The van der Waals surface area contributed by atoms with Gasteiger partial charge in [0, 0.05) is 15.9 Å². The van der Waals surface area contributed by atoms with Crippen LogP contribution in [-0.4, -0.2) is 34.1 Å². The lowest BCUT2D eigenvalue weighted by molar-refractivity contribution is -0.139. The molecule has 2 aliphatic carbocycles. The summed E-state index contributed by atoms with van der Waals surface area (Å²) in [5.74, 6) is -0.138. The molecule has 1 atom stereocenters. The van der Waals surface area contributed by atoms with Crippen molar-refractivity contribution in [2.45, 2.75) is 63.6 Å². The minimum atomic E-state index is -1.01. The number of imide groups is 1. The summed E-state index contributed by atoms with van der Waals surface area (Å²) in [6.07, 6.45) is 3.26. The minimum absolute atomic E-state index is 0.138. The van der Waals surface area contributed by atoms with Crippen LogP contribution >= 0.6 is 15.9 Å². The Balaban J connectivity index is 1.91. The number of fused-ring (bicyclic) bond motifs is 3. The molecule has 25 heavy (non-hydrogen) atoms. The van der Waals surface area contributed by atoms with Crippen molar-refractivity contribution in [2.24, 2.45) is 5.41 Å². The predicted octanol–water partition coefficient (Wildman–Crippen LogP) is 3.08. The number of aliphatic hydroxyl groups excluding tert-OH is 1. The van der Waals surface area contributed by atoms with Crippen LogP contribution in [0, 0.1) is 5.41 Å². The van der Waals surface area contributed by atoms with E-state index in [0.717, 1.165) is 34.9 Å². The molecule has 134 valence electrons. The zero-order chi connectivity index (χ0) is 18.0. The average molecular weight is 407 g/mol. The van der Waals surface area contributed by atoms with Gasteiger partial charge in [0.2, 0.25) is 0 Å². The highest BCUT2D eigenvalue weighted by Gasteiger charge is 2.68. The Morgan fingerprint density at radius 1 is 1.28 bits per heavy atom. The van der Waals surface area contributed by atoms with Crippen LogP contribution in [0.2, 0.25) is 0 Å². The Morgan fingerprint density at radius 3 is 2.56 bits per heavy atom. The van der Waals surface area contributed by atoms with E-state index in [-0.39, 0.29) is 29.5 Å². The van der Waals surface area contributed by atoms with Crippen molar-refractivity contribution >= 4 is 27.9 Å². The third-order valence-corrected chi connectivity index (χ3v) is 6.77. The van der Waals surface area contributed by atoms with Gasteiger partial charge in [-0.15, -0.1) is 0 Å². The highest BCUT2D eigenvalue weighted by molar-refractivity contribution is 9.10. The molecule has 0 aromatic heterocycles. The van der Waals surface area contributed by atoms with E-state index in [0.29, 0.717) is 12.8 Å². The second-order valence-corrected chi connectivity index (χ2v) is 8.85. The van der Waals surface area contributed by atoms with Gasteiger partial charge in [-0.05, 0) is 69.2 Å². The maximum absolute atomic E-state index is 13.6. The van der Waals surface area contributed by atoms with Crippen LogP contribution in [-0.2, 0) is 16.8 Å². The first-order chi connectivity index (χ1) is 11.8. The summed E-state index contributed by atoms with van der Waals surface area (Å²) >= 11 is 3.52. The van der Waals surface area contributed by atoms with E-state index in [1.807, 2.05) is 26.0 Å². The van der Waals surface area contributed by atoms with Gasteiger partial charge in [-0.25, -0.2) is 4.79 Å². The van der Waals surface area contributed by atoms with Gasteiger partial charge in [0.1, 0.15) is 0 Å². The normalized spacial score (nSPS) is 34.3. The first-order valence-corrected chi connectivity index (χ1v) is 9.73. The molecular formula is C19H23BrN2O3. The molecule has 5 nitrogen and oxygen atoms in total. The zero-order valence-corrected chi connectivity index (χ0v) is 16.1. The standard InChI is InChI=1S/C19H23BrN2O3/c1-11(2)22-16(24)19(21-17(22)25)15-9-13(20)4-3-12(15)10-18(19)7-5-14(23)6-8-18/h3-4,9,11,14,23H,5-8,10H2,1-2H3,(H,21,25)/t14-,18-,19?. The number of benzene rings is 1. The summed E-state index contributed by atoms with van der Waals surface area (Å²) in [4.78, 5) is 27.6. The molecule has 1 heterocycles. The Hall–Kier alpha value is -1.40. The maximum atomic E-state index is 13.6. The lowest BCUT2D eigenvalue weighted by Gasteiger charge is -2.46. The Labute approximate surface area is 155 Å². The summed E-state index contributed by atoms with van der Waals surface area (Å²) in [6.45, 7) is 3.73. The third-order valence-electron chi connectivity index (χ3n) is 6.28. The van der Waals surface area contributed by atoms with Gasteiger partial charge in [-0.2, -0.15) is 0 Å². The van der Waals surface area contributed by atoms with Crippen LogP contribution < -0.4 is 5.32 Å². The van der Waals surface area contributed by atoms with Crippen LogP contribution in [0.25, 0.3) is 0 Å². The van der Waals surface area contributed by atoms with Crippen molar-refractivity contribution in [2.75, 3.05) is 0 Å². The Bertz CT molecular complexity index is 755. The molecule has 2 spiro atoms. The summed E-state index contributed by atoms with van der Waals surface area (Å²) in [7, 11) is 0. The van der Waals surface area contributed by atoms with Crippen molar-refractivity contribution in [3.05, 3.63) is 33.8 Å². The molecule has 1 aromatic carbocycles. The predicted molar refractivity (Wildman–Crippen MR) is 96.9 cm³/mol. The molecule has 1 aliphatic heterocycles. The SMILES string of the molecule is CC(C)N1C(=O)NC2(C1=O)c1cc(Br)ccc1C[C@]21CC[C@@H](O)CC1. The number of amides is 3. The summed E-state index contributed by atoms with van der Waals surface area (Å²) in [5.41, 5.74) is 0.679. The fourth-order valence-corrected chi connectivity index (χ4v) is 5.46. The number of rotatable bonds is 1. The van der Waals surface area contributed by atoms with E-state index in [4.69, 9.17) is 0 Å². The summed E-state index contributed by atoms with van der Waals surface area (Å²) in [6, 6.07) is 5.54. The van der Waals surface area contributed by atoms with E-state index < -0.39 is 5.54 Å². The monoisotopic (exact) mass is 406 g/mol. The van der Waals surface area contributed by atoms with Crippen LogP contribution in [0.15, 0.2) is 22.7 Å². The minimum Gasteiger partial charge on any atom is -0.393 e. The van der Waals surface area contributed by atoms with E-state index in [9.17, 15) is 14.7 Å². The number of hydrogen-bond acceptors (Lipinski definition) is 3. The first-order valence-electron chi connectivity index (χ1n) is 8.93. The Kier molecular flexibility index (Phi) is 3.78. The van der Waals surface area contributed by atoms with Crippen molar-refractivity contribution in [1.29, 1.82) is 0 Å². The maximum Gasteiger partial charge on any atom is 0.325 e. The van der Waals surface area contributed by atoms with E-state index in [1.165, 1.54) is 4.90 Å². The fourth-order valence-electron chi connectivity index (χ4n) is 5.10. The van der Waals surface area contributed by atoms with Crippen LogP contribution in [0.3, 0.4) is 0 Å². The largest absolute Gasteiger partial charge is 0.393 e. The molecular weight excluding hydrogens is 384 g/mol. The number of halogens is 1. The number of nitrogens with one attached hydrogen (secondary N) is 1. The fraction of sp³-hybridized carbons (Fsp3) is 0.579. The average Bonchev–Trinajstić information content (AvgIpc) is 2.97. The van der Waals surface area contributed by atoms with Gasteiger partial charge < -0.3 is 10.4 Å². The quantitative estimate of drug-likeness (QED) is 0.703. The lowest BCUT2D eigenvalue weighted by Crippen LogP contribution is -2.57. The number of aliphatic hydroxyl groups is 1. The third kappa shape index (κ3) is 2.16. The summed E-state index contributed by atoms with van der Waals surface area (Å²) in [5, 5.41) is 13.1. The van der Waals surface area contributed by atoms with Gasteiger partial charge in [0.15, 0.2) is 5.54 Å². The van der Waals surface area contributed by atoms with Gasteiger partial charge in [0.05, 0.1) is 6.10 Å². The molecule has 0 bridgehead atoms. The summed E-state index contributed by atoms with van der Waals surface area (Å²) < 4.78 is 0.906. The molecule has 2 N–H and O–H groups in total. The van der Waals surface area contributed by atoms with Crippen molar-refractivity contribution in [3.8, 4) is 0 Å². The Morgan fingerprint density at radius 2 is 1.96 bits per heavy atom. The molecule has 1 aromatic rings. The van der Waals surface area contributed by atoms with E-state index >= 15 is 0 Å². The first kappa shape index (κ1) is 17.0. The highest BCUT2D eigenvalue weighted by atomic mass is 79.9. The topological polar surface area (TPSA) is 69.6 Å². The molecule has 3 amide bonds. The molecule has 2 fully saturated rings. The van der Waals surface area contributed by atoms with Crippen molar-refractivity contribution in [3.63, 3.8) is 0 Å². The number of urea groups is 1. The molecule has 1 saturated carbocycles. The second-order valence-electron chi connectivity index (χ2n) is 7.94. The van der Waals surface area contributed by atoms with Gasteiger partial charge >= 0.3 is 6.03 Å². The number of carbonyl (C=O) groups excluding carboxylic acids is 2. The number of hydrogen-bond donors (Lipinski definition) is 2. The second kappa shape index (κ2) is 5.55. The molecule has 4 rings (SSSR count). The van der Waals surface area contributed by atoms with Crippen molar-refractivity contribution in [1.82, 2.24) is 10.2 Å². The molecule has 1 unspecified atom stereocenters. The van der Waals surface area contributed by atoms with Gasteiger partial charge in [-0.3, -0.25) is 9.69 Å². The highest BCUT2D eigenvalue weighted by Crippen LogP contribution is 2.60. The zero-order valence-electron chi connectivity index (χ0n) is 14.5. The van der Waals surface area contributed by atoms with Crippen LogP contribution in [0.5, 0.6) is 0 Å². The lowest BCUT2D eigenvalue weighted by atomic mass is 9.61. The van der Waals surface area contributed by atoms with Crippen LogP contribution in [0.1, 0.15) is 50.7 Å². The van der Waals surface area contributed by atoms with Gasteiger partial charge in [0.25, 0.3) is 5.91 Å². The smallest absolute Gasteiger partial charge is 0.325 e. The number of nitrogens with zero attached hydrogens (tertiary/aromatic N) is 1. The molecule has 6 heteroatoms. The van der Waals surface area contributed by atoms with Crippen molar-refractivity contribution < 1.29 is 14.7 Å². The van der Waals surface area contributed by atoms with E-state index in [2.05, 4.69) is 27.3 Å². The molecule has 0 radical (unpaired) electrons. The van der Waals surface area contributed by atoms with E-state index in [1.54, 1.807) is 0 Å². The van der Waals surface area contributed by atoms with Gasteiger partial charge in [-0.1, -0.05) is 22.0 Å². The number of carbonyl (C=O) groups is 2. The molecule has 1 saturated heterocycles. The van der Waals surface area contributed by atoms with Crippen LogP contribution in [0.4, 0.5) is 4.79 Å².